The second-order valence-corrected chi connectivity index (χ2v) is 4.43. The van der Waals surface area contributed by atoms with Gasteiger partial charge in [-0.25, -0.2) is 0 Å². The Hall–Kier alpha value is -2.60. The van der Waals surface area contributed by atoms with Gasteiger partial charge in [-0.3, -0.25) is 10.1 Å². The van der Waals surface area contributed by atoms with Crippen LogP contribution in [0.25, 0.3) is 6.08 Å². The highest BCUT2D eigenvalue weighted by molar-refractivity contribution is 7.80. The third-order valence-electron chi connectivity index (χ3n) is 2.53. The van der Waals surface area contributed by atoms with Crippen LogP contribution in [0.1, 0.15) is 5.76 Å². The number of hydrogen-bond donors (Lipinski definition) is 2. The van der Waals surface area contributed by atoms with Gasteiger partial charge in [-0.15, -0.1) is 0 Å². The Morgan fingerprint density at radius 2 is 2.05 bits per heavy atom. The van der Waals surface area contributed by atoms with E-state index in [1.165, 1.54) is 12.3 Å². The first-order valence-corrected chi connectivity index (χ1v) is 6.56. The van der Waals surface area contributed by atoms with E-state index in [0.29, 0.717) is 5.76 Å². The normalized spacial score (nSPS) is 10.3. The number of thiocarbonyl (C=S) groups is 1. The first-order valence-electron chi connectivity index (χ1n) is 6.15. The Bertz CT molecular complexity index is 633. The van der Waals surface area contributed by atoms with Crippen molar-refractivity contribution in [3.05, 3.63) is 54.5 Å². The summed E-state index contributed by atoms with van der Waals surface area (Å²) in [5.41, 5.74) is 0.760. The molecule has 0 aliphatic carbocycles. The molecule has 0 radical (unpaired) electrons. The van der Waals surface area contributed by atoms with Crippen LogP contribution >= 0.6 is 12.2 Å². The molecule has 1 amide bonds. The summed E-state index contributed by atoms with van der Waals surface area (Å²) in [7, 11) is 1.60. The molecule has 0 spiro atoms. The highest BCUT2D eigenvalue weighted by Crippen LogP contribution is 2.14. The Labute approximate surface area is 127 Å². The van der Waals surface area contributed by atoms with E-state index in [2.05, 4.69) is 10.6 Å². The molecule has 0 bridgehead atoms. The van der Waals surface area contributed by atoms with E-state index in [4.69, 9.17) is 21.4 Å². The van der Waals surface area contributed by atoms with Gasteiger partial charge < -0.3 is 14.5 Å². The van der Waals surface area contributed by atoms with Crippen molar-refractivity contribution in [2.75, 3.05) is 12.4 Å². The van der Waals surface area contributed by atoms with Crippen LogP contribution in [0.2, 0.25) is 0 Å². The van der Waals surface area contributed by atoms with Gasteiger partial charge in [0.15, 0.2) is 5.11 Å². The van der Waals surface area contributed by atoms with E-state index in [0.717, 1.165) is 11.4 Å². The van der Waals surface area contributed by atoms with Gasteiger partial charge in [-0.05, 0) is 54.7 Å². The molecule has 5 nitrogen and oxygen atoms in total. The van der Waals surface area contributed by atoms with Crippen molar-refractivity contribution in [1.82, 2.24) is 5.32 Å². The molecule has 2 N–H and O–H groups in total. The molecule has 0 unspecified atom stereocenters. The molecule has 1 heterocycles. The minimum absolute atomic E-state index is 0.217. The van der Waals surface area contributed by atoms with E-state index >= 15 is 0 Å². The van der Waals surface area contributed by atoms with Crippen LogP contribution in [0.3, 0.4) is 0 Å². The number of ether oxygens (including phenoxy) is 1. The predicted octanol–water partition coefficient (Wildman–Crippen LogP) is 2.81. The summed E-state index contributed by atoms with van der Waals surface area (Å²) in [6.45, 7) is 0. The van der Waals surface area contributed by atoms with Crippen LogP contribution < -0.4 is 15.4 Å². The minimum atomic E-state index is -0.336. The third kappa shape index (κ3) is 4.77. The van der Waals surface area contributed by atoms with Crippen molar-refractivity contribution in [2.45, 2.75) is 0 Å². The highest BCUT2D eigenvalue weighted by Gasteiger charge is 2.02. The Morgan fingerprint density at radius 3 is 2.67 bits per heavy atom. The fraction of sp³-hybridized carbons (Fsp3) is 0.0667. The van der Waals surface area contributed by atoms with Gasteiger partial charge in [0.05, 0.1) is 13.4 Å². The number of anilines is 1. The fourth-order valence-electron chi connectivity index (χ4n) is 1.53. The molecule has 0 aliphatic heterocycles. The molecule has 0 fully saturated rings. The molecule has 2 aromatic rings. The van der Waals surface area contributed by atoms with Crippen LogP contribution in [-0.4, -0.2) is 18.1 Å². The number of hydrogen-bond acceptors (Lipinski definition) is 4. The van der Waals surface area contributed by atoms with E-state index in [1.807, 2.05) is 0 Å². The van der Waals surface area contributed by atoms with Gasteiger partial charge in [0.1, 0.15) is 11.5 Å². The average Bonchev–Trinajstić information content (AvgIpc) is 2.99. The maximum atomic E-state index is 11.7. The predicted molar refractivity (Wildman–Crippen MR) is 85.1 cm³/mol. The van der Waals surface area contributed by atoms with Crippen LogP contribution in [-0.2, 0) is 4.79 Å². The van der Waals surface area contributed by atoms with Crippen LogP contribution in [0.4, 0.5) is 5.69 Å². The van der Waals surface area contributed by atoms with Gasteiger partial charge in [0.25, 0.3) is 0 Å². The Morgan fingerprint density at radius 1 is 1.29 bits per heavy atom. The van der Waals surface area contributed by atoms with Crippen LogP contribution in [0, 0.1) is 0 Å². The standard InChI is InChI=1S/C15H14N2O3S/c1-19-12-6-4-11(5-7-12)16-15(21)17-14(18)9-8-13-3-2-10-20-13/h2-10H,1H3,(H2,16,17,18,21)/b9-8+. The van der Waals surface area contributed by atoms with Crippen molar-refractivity contribution in [3.8, 4) is 5.75 Å². The quantitative estimate of drug-likeness (QED) is 0.671. The second kappa shape index (κ2) is 7.25. The number of rotatable bonds is 4. The second-order valence-electron chi connectivity index (χ2n) is 4.02. The number of methoxy groups -OCH3 is 1. The molecular formula is C15H14N2O3S. The van der Waals surface area contributed by atoms with Crippen molar-refractivity contribution in [1.29, 1.82) is 0 Å². The molecule has 0 aliphatic rings. The summed E-state index contributed by atoms with van der Waals surface area (Å²) in [6, 6.07) is 10.7. The number of carbonyl (C=O) groups is 1. The zero-order chi connectivity index (χ0) is 15.1. The summed E-state index contributed by atoms with van der Waals surface area (Å²) >= 11 is 5.06. The Kier molecular flexibility index (Phi) is 5.11. The topological polar surface area (TPSA) is 63.5 Å². The third-order valence-corrected chi connectivity index (χ3v) is 2.73. The SMILES string of the molecule is COc1ccc(NC(=S)NC(=O)/C=C/c2ccco2)cc1. The molecular weight excluding hydrogens is 288 g/mol. The number of amides is 1. The highest BCUT2D eigenvalue weighted by atomic mass is 32.1. The number of benzene rings is 1. The minimum Gasteiger partial charge on any atom is -0.497 e. The lowest BCUT2D eigenvalue weighted by atomic mass is 10.3. The first-order chi connectivity index (χ1) is 10.2. The van der Waals surface area contributed by atoms with Crippen LogP contribution in [0.5, 0.6) is 5.75 Å². The molecule has 6 heteroatoms. The van der Waals surface area contributed by atoms with Gasteiger partial charge in [0, 0.05) is 11.8 Å². The van der Waals surface area contributed by atoms with E-state index in [1.54, 1.807) is 49.6 Å². The summed E-state index contributed by atoms with van der Waals surface area (Å²) < 4.78 is 10.1. The maximum absolute atomic E-state index is 11.7. The number of nitrogens with one attached hydrogen (secondary N) is 2. The van der Waals surface area contributed by atoms with E-state index in [-0.39, 0.29) is 11.0 Å². The summed E-state index contributed by atoms with van der Waals surface area (Å²) in [5, 5.41) is 5.66. The number of carbonyl (C=O) groups excluding carboxylic acids is 1. The maximum Gasteiger partial charge on any atom is 0.250 e. The lowest BCUT2D eigenvalue weighted by Gasteiger charge is -2.08. The summed E-state index contributed by atoms with van der Waals surface area (Å²) in [6.07, 6.45) is 4.44. The van der Waals surface area contributed by atoms with Gasteiger partial charge in [0.2, 0.25) is 5.91 Å². The monoisotopic (exact) mass is 302 g/mol. The first kappa shape index (κ1) is 14.8. The van der Waals surface area contributed by atoms with Crippen molar-refractivity contribution in [2.24, 2.45) is 0 Å². The zero-order valence-corrected chi connectivity index (χ0v) is 12.1. The van der Waals surface area contributed by atoms with Gasteiger partial charge >= 0.3 is 0 Å². The molecule has 21 heavy (non-hydrogen) atoms. The van der Waals surface area contributed by atoms with Gasteiger partial charge in [-0.1, -0.05) is 0 Å². The molecule has 1 aromatic carbocycles. The van der Waals surface area contributed by atoms with Crippen molar-refractivity contribution in [3.63, 3.8) is 0 Å². The van der Waals surface area contributed by atoms with Crippen molar-refractivity contribution >= 4 is 35.0 Å². The zero-order valence-electron chi connectivity index (χ0n) is 11.3. The molecule has 108 valence electrons. The lowest BCUT2D eigenvalue weighted by Crippen LogP contribution is -2.32. The number of furan rings is 1. The lowest BCUT2D eigenvalue weighted by molar-refractivity contribution is -0.115. The smallest absolute Gasteiger partial charge is 0.250 e. The Balaban J connectivity index is 1.84. The van der Waals surface area contributed by atoms with Crippen molar-refractivity contribution < 1.29 is 13.9 Å². The average molecular weight is 302 g/mol. The summed E-state index contributed by atoms with van der Waals surface area (Å²) in [4.78, 5) is 11.7. The van der Waals surface area contributed by atoms with E-state index in [9.17, 15) is 4.79 Å². The largest absolute Gasteiger partial charge is 0.497 e. The fourth-order valence-corrected chi connectivity index (χ4v) is 1.75. The molecule has 2 rings (SSSR count). The van der Waals surface area contributed by atoms with E-state index < -0.39 is 0 Å². The molecule has 1 aromatic heterocycles. The van der Waals surface area contributed by atoms with Crippen LogP contribution in [0.15, 0.2) is 53.2 Å². The van der Waals surface area contributed by atoms with Gasteiger partial charge in [-0.2, -0.15) is 0 Å². The molecule has 0 saturated carbocycles. The molecule has 0 atom stereocenters. The molecule has 0 saturated heterocycles. The summed E-state index contributed by atoms with van der Waals surface area (Å²) in [5.74, 6) is 1.01.